The summed E-state index contributed by atoms with van der Waals surface area (Å²) in [5.41, 5.74) is 17.7. The van der Waals surface area contributed by atoms with Crippen LogP contribution in [0.5, 0.6) is 34.5 Å². The third kappa shape index (κ3) is 18.8. The molecule has 0 saturated heterocycles. The summed E-state index contributed by atoms with van der Waals surface area (Å²) in [4.78, 5) is 0. The highest BCUT2D eigenvalue weighted by molar-refractivity contribution is 5.50. The zero-order valence-electron chi connectivity index (χ0n) is 63.1. The Morgan fingerprint density at radius 2 is 0.467 bits per heavy atom. The lowest BCUT2D eigenvalue weighted by atomic mass is 9.65. The molecule has 0 aliphatic heterocycles. The van der Waals surface area contributed by atoms with Crippen molar-refractivity contribution in [1.82, 2.24) is 0 Å². The summed E-state index contributed by atoms with van der Waals surface area (Å²) in [7, 11) is 0. The van der Waals surface area contributed by atoms with Gasteiger partial charge in [-0.1, -0.05) is 309 Å². The second kappa shape index (κ2) is 36.3. The summed E-state index contributed by atoms with van der Waals surface area (Å²) in [6.07, 6.45) is 35.6. The number of aryl methyl sites for hydroxylation is 4. The average molecular weight is 1410 g/mol. The van der Waals surface area contributed by atoms with Crippen LogP contribution in [0.15, 0.2) is 237 Å². The molecule has 0 atom stereocenters. The van der Waals surface area contributed by atoms with Gasteiger partial charge in [-0.05, 0) is 220 Å². The highest BCUT2D eigenvalue weighted by Crippen LogP contribution is 2.51. The van der Waals surface area contributed by atoms with Crippen molar-refractivity contribution in [3.8, 4) is 34.5 Å². The third-order valence-electron chi connectivity index (χ3n) is 24.5. The predicted molar refractivity (Wildman–Crippen MR) is 431 cm³/mol. The molecule has 105 heavy (non-hydrogen) atoms. The lowest BCUT2D eigenvalue weighted by Crippen LogP contribution is -2.31. The molecule has 0 amide bonds. The molecule has 5 fully saturated rings. The Morgan fingerprint density at radius 1 is 0.210 bits per heavy atom. The quantitative estimate of drug-likeness (QED) is 0.0599. The van der Waals surface area contributed by atoms with Gasteiger partial charge < -0.3 is 30.6 Å². The molecule has 550 valence electrons. The molecule has 5 aliphatic carbocycles. The first-order chi connectivity index (χ1) is 51.0. The van der Waals surface area contributed by atoms with Crippen LogP contribution in [0.2, 0.25) is 0 Å². The van der Waals surface area contributed by atoms with Gasteiger partial charge in [-0.15, -0.1) is 0 Å². The van der Waals surface area contributed by atoms with Crippen molar-refractivity contribution in [2.75, 3.05) is 0 Å². The molecule has 5 aliphatic rings. The Labute approximate surface area is 627 Å². The number of rotatable bonds is 10. The fourth-order valence-corrected chi connectivity index (χ4v) is 18.6. The number of halogens is 1. The van der Waals surface area contributed by atoms with Gasteiger partial charge in [0.05, 0.1) is 0 Å². The van der Waals surface area contributed by atoms with E-state index in [2.05, 4.69) is 160 Å². The van der Waals surface area contributed by atoms with Crippen LogP contribution in [0.25, 0.3) is 0 Å². The van der Waals surface area contributed by atoms with Crippen molar-refractivity contribution >= 4 is 0 Å². The first kappa shape index (κ1) is 77.0. The minimum absolute atomic E-state index is 0.0202. The normalized spacial score (nSPS) is 18.0. The van der Waals surface area contributed by atoms with Crippen molar-refractivity contribution in [2.45, 2.75) is 241 Å². The van der Waals surface area contributed by atoms with E-state index in [9.17, 15) is 35.0 Å². The zero-order chi connectivity index (χ0) is 73.7. The van der Waals surface area contributed by atoms with Crippen molar-refractivity contribution in [1.29, 1.82) is 0 Å². The number of phenolic OH excluding ortho intramolecular Hbond substituents is 6. The molecule has 7 heteroatoms. The van der Waals surface area contributed by atoms with Gasteiger partial charge in [0.15, 0.2) is 11.5 Å². The molecule has 10 aromatic carbocycles. The van der Waals surface area contributed by atoms with E-state index in [0.29, 0.717) is 17.2 Å². The Hall–Kier alpha value is -9.07. The summed E-state index contributed by atoms with van der Waals surface area (Å²) in [5.74, 6) is 1.15. The van der Waals surface area contributed by atoms with E-state index >= 15 is 0 Å². The van der Waals surface area contributed by atoms with Gasteiger partial charge in [-0.3, -0.25) is 0 Å². The Kier molecular flexibility index (Phi) is 26.6. The lowest BCUT2D eigenvalue weighted by Gasteiger charge is -2.39. The van der Waals surface area contributed by atoms with Crippen LogP contribution in [0.4, 0.5) is 4.39 Å². The van der Waals surface area contributed by atoms with E-state index in [0.717, 1.165) is 60.8 Å². The van der Waals surface area contributed by atoms with Gasteiger partial charge in [-0.2, -0.15) is 0 Å². The van der Waals surface area contributed by atoms with Crippen molar-refractivity contribution < 1.29 is 35.0 Å². The first-order valence-electron chi connectivity index (χ1n) is 39.7. The molecule has 0 heterocycles. The van der Waals surface area contributed by atoms with E-state index in [-0.39, 0.29) is 50.1 Å². The Bertz CT molecular complexity index is 4210. The molecular weight excluding hydrogens is 1290 g/mol. The standard InChI is InChI=1S/C20H24O2.2C20H24O.C19H21FO.C19H22O/c1-15-6-8-16(9-7-15)20(12-4-2-3-5-13-20)17-10-11-18(21)19(22)14-17;1-16-6-8-17(9-7-16)20(14-4-2-3-5-15-20)18-10-12-19(21)13-11-18;1-16-7-6-8-18(15-16)20(13-4-2-3-5-14-20)17-9-11-19(21)12-10-17;1-14-5-10-17(18(20)13-14)19(11-3-2-4-12-19)15-6-8-16(21)9-7-15;20-18-12-10-17(11-13-18)19(14-6-1-2-7-15-19)16-8-4-3-5-9-16/h6-11,14,21-22H,2-5,12-13H2,1H3;6-13,21H,2-5,14-15H2,1H3;6-12,15,21H,2-5,13-14H2,1H3;5-10,13,21H,2-4,11-12H2,1H3;3-5,8-13,20H,1-2,6-7,14-15H2. The zero-order valence-corrected chi connectivity index (χ0v) is 63.1. The lowest BCUT2D eigenvalue weighted by molar-refractivity contribution is 0.335. The average Bonchev–Trinajstić information content (AvgIpc) is 1.17. The van der Waals surface area contributed by atoms with Crippen LogP contribution in [0, 0.1) is 33.5 Å². The molecule has 6 N–H and O–H groups in total. The summed E-state index contributed by atoms with van der Waals surface area (Å²) in [6, 6.07) is 79.6. The molecule has 0 bridgehead atoms. The van der Waals surface area contributed by atoms with E-state index in [4.69, 9.17) is 0 Å². The number of phenols is 6. The second-order valence-corrected chi connectivity index (χ2v) is 31.5. The molecular formula is C98H115FO6. The monoisotopic (exact) mass is 1410 g/mol. The number of hydrogen-bond donors (Lipinski definition) is 6. The van der Waals surface area contributed by atoms with Crippen LogP contribution in [-0.4, -0.2) is 30.6 Å². The van der Waals surface area contributed by atoms with Gasteiger partial charge in [0.2, 0.25) is 0 Å². The number of hydrogen-bond acceptors (Lipinski definition) is 6. The Balaban J connectivity index is 0.000000131. The van der Waals surface area contributed by atoms with Crippen LogP contribution in [-0.2, 0) is 27.1 Å². The minimum Gasteiger partial charge on any atom is -0.508 e. The molecule has 15 rings (SSSR count). The molecule has 5 saturated carbocycles. The highest BCUT2D eigenvalue weighted by atomic mass is 19.1. The van der Waals surface area contributed by atoms with Gasteiger partial charge in [-0.25, -0.2) is 4.39 Å². The summed E-state index contributed by atoms with van der Waals surface area (Å²) in [5, 5.41) is 57.9. The number of benzene rings is 10. The van der Waals surface area contributed by atoms with Crippen LogP contribution < -0.4 is 0 Å². The fraction of sp³-hybridized carbons (Fsp3) is 0.388. The van der Waals surface area contributed by atoms with Gasteiger partial charge in [0, 0.05) is 27.1 Å². The van der Waals surface area contributed by atoms with Crippen molar-refractivity contribution in [2.24, 2.45) is 0 Å². The smallest absolute Gasteiger partial charge is 0.157 e. The molecule has 0 spiro atoms. The minimum atomic E-state index is -0.246. The SMILES string of the molecule is Cc1ccc(C2(c3ccc(O)c(O)c3)CCCCCC2)cc1.Cc1ccc(C2(c3ccc(O)cc3)CCCCC2)c(F)c1.Cc1ccc(C2(c3ccc(O)cc3)CCCCCC2)cc1.Cc1cccc(C2(c3ccc(O)cc3)CCCCCC2)c1.Oc1ccc(C2(c3ccccc3)CCCCCC2)cc1. The van der Waals surface area contributed by atoms with Crippen LogP contribution in [0.1, 0.15) is 264 Å². The third-order valence-corrected chi connectivity index (χ3v) is 24.5. The predicted octanol–water partition coefficient (Wildman–Crippen LogP) is 25.9. The number of aromatic hydroxyl groups is 6. The molecule has 6 nitrogen and oxygen atoms in total. The second-order valence-electron chi connectivity index (χ2n) is 31.5. The topological polar surface area (TPSA) is 121 Å². The highest BCUT2D eigenvalue weighted by Gasteiger charge is 2.40. The Morgan fingerprint density at radius 3 is 0.800 bits per heavy atom. The summed E-state index contributed by atoms with van der Waals surface area (Å²) < 4.78 is 14.6. The van der Waals surface area contributed by atoms with Crippen molar-refractivity contribution in [3.05, 3.63) is 320 Å². The van der Waals surface area contributed by atoms with Gasteiger partial charge in [0.1, 0.15) is 28.8 Å². The van der Waals surface area contributed by atoms with E-state index in [1.807, 2.05) is 73.7 Å². The van der Waals surface area contributed by atoms with E-state index in [1.165, 1.54) is 203 Å². The molecule has 0 aromatic heterocycles. The maximum Gasteiger partial charge on any atom is 0.157 e. The summed E-state index contributed by atoms with van der Waals surface area (Å²) >= 11 is 0. The van der Waals surface area contributed by atoms with Crippen LogP contribution >= 0.6 is 0 Å². The van der Waals surface area contributed by atoms with E-state index in [1.54, 1.807) is 30.3 Å². The molecule has 0 radical (unpaired) electrons. The molecule has 0 unspecified atom stereocenters. The first-order valence-corrected chi connectivity index (χ1v) is 39.7. The maximum absolute atomic E-state index is 14.6. The van der Waals surface area contributed by atoms with E-state index < -0.39 is 0 Å². The maximum atomic E-state index is 14.6. The molecule has 10 aromatic rings. The fourth-order valence-electron chi connectivity index (χ4n) is 18.6. The summed E-state index contributed by atoms with van der Waals surface area (Å²) in [6.45, 7) is 8.34. The van der Waals surface area contributed by atoms with Gasteiger partial charge >= 0.3 is 0 Å². The van der Waals surface area contributed by atoms with Gasteiger partial charge in [0.25, 0.3) is 0 Å². The van der Waals surface area contributed by atoms with Crippen LogP contribution in [0.3, 0.4) is 0 Å². The largest absolute Gasteiger partial charge is 0.508 e. The van der Waals surface area contributed by atoms with Crippen molar-refractivity contribution in [3.63, 3.8) is 0 Å².